The van der Waals surface area contributed by atoms with E-state index in [1.165, 1.54) is 4.88 Å². The molecule has 0 saturated carbocycles. The maximum Gasteiger partial charge on any atom is 0.101 e. The van der Waals surface area contributed by atoms with E-state index in [0.717, 1.165) is 17.7 Å². The minimum absolute atomic E-state index is 0.0473. The van der Waals surface area contributed by atoms with Gasteiger partial charge in [-0.2, -0.15) is 0 Å². The summed E-state index contributed by atoms with van der Waals surface area (Å²) in [6.07, 6.45) is 2.63. The highest BCUT2D eigenvalue weighted by Gasteiger charge is 2.09. The summed E-state index contributed by atoms with van der Waals surface area (Å²) in [6.45, 7) is 1.93. The van der Waals surface area contributed by atoms with Gasteiger partial charge in [0.15, 0.2) is 0 Å². The van der Waals surface area contributed by atoms with Crippen LogP contribution in [0.2, 0.25) is 0 Å². The molecule has 0 aliphatic carbocycles. The quantitative estimate of drug-likeness (QED) is 0.840. The molecule has 0 amide bonds. The predicted molar refractivity (Wildman–Crippen MR) is 58.4 cm³/mol. The lowest BCUT2D eigenvalue weighted by molar-refractivity contribution is 0.528. The molecule has 1 unspecified atom stereocenters. The van der Waals surface area contributed by atoms with Gasteiger partial charge in [0.2, 0.25) is 0 Å². The fourth-order valence-corrected chi connectivity index (χ4v) is 2.19. The van der Waals surface area contributed by atoms with E-state index in [0.29, 0.717) is 0 Å². The Kier molecular flexibility index (Phi) is 2.70. The van der Waals surface area contributed by atoms with Crippen molar-refractivity contribution < 1.29 is 4.42 Å². The molecular formula is C11H13NOS. The summed E-state index contributed by atoms with van der Waals surface area (Å²) in [6, 6.07) is 6.20. The van der Waals surface area contributed by atoms with Crippen LogP contribution in [0.25, 0.3) is 0 Å². The molecule has 74 valence electrons. The SMILES string of the molecule is Cc1cc(C(N)Cc2cccs2)co1. The molecule has 0 aliphatic heterocycles. The first-order valence-electron chi connectivity index (χ1n) is 4.58. The van der Waals surface area contributed by atoms with Crippen molar-refractivity contribution in [2.75, 3.05) is 0 Å². The Balaban J connectivity index is 2.06. The average Bonchev–Trinajstić information content (AvgIpc) is 2.75. The number of aryl methyl sites for hydroxylation is 1. The van der Waals surface area contributed by atoms with Gasteiger partial charge in [0, 0.05) is 22.9 Å². The van der Waals surface area contributed by atoms with Gasteiger partial charge in [-0.25, -0.2) is 0 Å². The van der Waals surface area contributed by atoms with E-state index in [1.807, 2.05) is 19.1 Å². The first kappa shape index (κ1) is 9.49. The lowest BCUT2D eigenvalue weighted by Crippen LogP contribution is -2.11. The zero-order valence-electron chi connectivity index (χ0n) is 8.07. The van der Waals surface area contributed by atoms with Crippen molar-refractivity contribution in [2.45, 2.75) is 19.4 Å². The Bertz CT molecular complexity index is 391. The summed E-state index contributed by atoms with van der Waals surface area (Å²) in [5.41, 5.74) is 7.13. The van der Waals surface area contributed by atoms with Crippen LogP contribution >= 0.6 is 11.3 Å². The maximum atomic E-state index is 6.05. The number of hydrogen-bond donors (Lipinski definition) is 1. The van der Waals surface area contributed by atoms with Crippen LogP contribution in [-0.4, -0.2) is 0 Å². The second-order valence-corrected chi connectivity index (χ2v) is 4.41. The minimum atomic E-state index is 0.0473. The van der Waals surface area contributed by atoms with Gasteiger partial charge < -0.3 is 10.2 Å². The molecule has 0 aromatic carbocycles. The van der Waals surface area contributed by atoms with E-state index in [9.17, 15) is 0 Å². The Labute approximate surface area is 87.4 Å². The Morgan fingerprint density at radius 3 is 3.00 bits per heavy atom. The molecule has 2 N–H and O–H groups in total. The molecule has 14 heavy (non-hydrogen) atoms. The molecule has 2 aromatic heterocycles. The van der Waals surface area contributed by atoms with Gasteiger partial charge in [0.1, 0.15) is 5.76 Å². The smallest absolute Gasteiger partial charge is 0.101 e. The molecule has 2 heterocycles. The van der Waals surface area contributed by atoms with Gasteiger partial charge in [-0.15, -0.1) is 11.3 Å². The molecule has 3 heteroatoms. The highest BCUT2D eigenvalue weighted by atomic mass is 32.1. The van der Waals surface area contributed by atoms with Crippen molar-refractivity contribution in [3.05, 3.63) is 46.0 Å². The second-order valence-electron chi connectivity index (χ2n) is 3.38. The Hall–Kier alpha value is -1.06. The number of furan rings is 1. The van der Waals surface area contributed by atoms with Crippen molar-refractivity contribution in [2.24, 2.45) is 5.73 Å². The van der Waals surface area contributed by atoms with Crippen LogP contribution in [0.15, 0.2) is 34.3 Å². The Morgan fingerprint density at radius 2 is 2.43 bits per heavy atom. The fourth-order valence-electron chi connectivity index (χ4n) is 1.42. The van der Waals surface area contributed by atoms with E-state index in [1.54, 1.807) is 17.6 Å². The van der Waals surface area contributed by atoms with Crippen LogP contribution in [0.1, 0.15) is 22.2 Å². The van der Waals surface area contributed by atoms with E-state index in [2.05, 4.69) is 11.4 Å². The lowest BCUT2D eigenvalue weighted by atomic mass is 10.1. The van der Waals surface area contributed by atoms with Gasteiger partial charge in [0.25, 0.3) is 0 Å². The highest BCUT2D eigenvalue weighted by molar-refractivity contribution is 7.09. The van der Waals surface area contributed by atoms with Crippen LogP contribution in [0.5, 0.6) is 0 Å². The average molecular weight is 207 g/mol. The van der Waals surface area contributed by atoms with Crippen molar-refractivity contribution in [1.29, 1.82) is 0 Å². The summed E-state index contributed by atoms with van der Waals surface area (Å²) in [5, 5.41) is 2.07. The van der Waals surface area contributed by atoms with E-state index in [4.69, 9.17) is 10.2 Å². The zero-order valence-corrected chi connectivity index (χ0v) is 8.88. The van der Waals surface area contributed by atoms with Crippen LogP contribution in [0.4, 0.5) is 0 Å². The first-order chi connectivity index (χ1) is 6.75. The molecule has 0 bridgehead atoms. The normalized spacial score (nSPS) is 13.0. The van der Waals surface area contributed by atoms with Crippen LogP contribution in [-0.2, 0) is 6.42 Å². The molecule has 0 spiro atoms. The summed E-state index contributed by atoms with van der Waals surface area (Å²) in [7, 11) is 0. The number of hydrogen-bond acceptors (Lipinski definition) is 3. The highest BCUT2D eigenvalue weighted by Crippen LogP contribution is 2.20. The van der Waals surface area contributed by atoms with Crippen molar-refractivity contribution in [3.8, 4) is 0 Å². The standard InChI is InChI=1S/C11H13NOS/c1-8-5-9(7-13-8)11(12)6-10-3-2-4-14-10/h2-5,7,11H,6,12H2,1H3. The fraction of sp³-hybridized carbons (Fsp3) is 0.273. The van der Waals surface area contributed by atoms with Crippen LogP contribution in [0, 0.1) is 6.92 Å². The second kappa shape index (κ2) is 3.98. The zero-order chi connectivity index (χ0) is 9.97. The third-order valence-corrected chi connectivity index (χ3v) is 3.08. The third kappa shape index (κ3) is 2.05. The molecule has 1 atom stereocenters. The molecular weight excluding hydrogens is 194 g/mol. The molecule has 0 aliphatic rings. The largest absolute Gasteiger partial charge is 0.469 e. The number of rotatable bonds is 3. The van der Waals surface area contributed by atoms with E-state index in [-0.39, 0.29) is 6.04 Å². The summed E-state index contributed by atoms with van der Waals surface area (Å²) in [4.78, 5) is 1.32. The molecule has 0 radical (unpaired) electrons. The number of nitrogens with two attached hydrogens (primary N) is 1. The van der Waals surface area contributed by atoms with Gasteiger partial charge in [-0.1, -0.05) is 6.07 Å². The summed E-state index contributed by atoms with van der Waals surface area (Å²) >= 11 is 1.74. The van der Waals surface area contributed by atoms with Gasteiger partial charge in [0.05, 0.1) is 6.26 Å². The first-order valence-corrected chi connectivity index (χ1v) is 5.46. The van der Waals surface area contributed by atoms with E-state index >= 15 is 0 Å². The third-order valence-electron chi connectivity index (χ3n) is 2.18. The molecule has 0 saturated heterocycles. The molecule has 2 rings (SSSR count). The van der Waals surface area contributed by atoms with Gasteiger partial charge >= 0.3 is 0 Å². The predicted octanol–water partition coefficient (Wildman–Crippen LogP) is 2.89. The van der Waals surface area contributed by atoms with Gasteiger partial charge in [-0.05, 0) is 24.4 Å². The molecule has 0 fully saturated rings. The maximum absolute atomic E-state index is 6.05. The molecule has 2 nitrogen and oxygen atoms in total. The van der Waals surface area contributed by atoms with Crippen molar-refractivity contribution >= 4 is 11.3 Å². The Morgan fingerprint density at radius 1 is 1.57 bits per heavy atom. The minimum Gasteiger partial charge on any atom is -0.469 e. The van der Waals surface area contributed by atoms with Crippen molar-refractivity contribution in [1.82, 2.24) is 0 Å². The van der Waals surface area contributed by atoms with E-state index < -0.39 is 0 Å². The summed E-state index contributed by atoms with van der Waals surface area (Å²) < 4.78 is 5.23. The summed E-state index contributed by atoms with van der Waals surface area (Å²) in [5.74, 6) is 0.918. The monoisotopic (exact) mass is 207 g/mol. The topological polar surface area (TPSA) is 39.2 Å². The lowest BCUT2D eigenvalue weighted by Gasteiger charge is -2.06. The number of thiophene rings is 1. The molecule has 2 aromatic rings. The van der Waals surface area contributed by atoms with Crippen molar-refractivity contribution in [3.63, 3.8) is 0 Å². The van der Waals surface area contributed by atoms with Crippen LogP contribution in [0.3, 0.4) is 0 Å². The van der Waals surface area contributed by atoms with Gasteiger partial charge in [-0.3, -0.25) is 0 Å². The van der Waals surface area contributed by atoms with Crippen LogP contribution < -0.4 is 5.73 Å².